The molecular weight excluding hydrogens is 651 g/mol. The first-order valence-electron chi connectivity index (χ1n) is 19.2. The Kier molecular flexibility index (Phi) is 6.16. The first kappa shape index (κ1) is 29.8. The van der Waals surface area contributed by atoms with E-state index in [1.807, 2.05) is 0 Å². The van der Waals surface area contributed by atoms with Crippen molar-refractivity contribution in [2.45, 2.75) is 18.3 Å². The molecule has 0 radical (unpaired) electrons. The second-order valence-electron chi connectivity index (χ2n) is 15.0. The van der Waals surface area contributed by atoms with Crippen molar-refractivity contribution in [2.24, 2.45) is 0 Å². The summed E-state index contributed by atoms with van der Waals surface area (Å²) < 4.78 is 0. The molecular formula is C53H35N. The lowest BCUT2D eigenvalue weighted by Crippen LogP contribution is -2.26. The minimum atomic E-state index is -0.409. The van der Waals surface area contributed by atoms with Crippen molar-refractivity contribution in [3.05, 3.63) is 216 Å². The Hall–Kier alpha value is -6.70. The summed E-state index contributed by atoms with van der Waals surface area (Å²) in [6, 6.07) is 63.9. The van der Waals surface area contributed by atoms with E-state index in [9.17, 15) is 0 Å². The average Bonchev–Trinajstić information content (AvgIpc) is 3.72. The van der Waals surface area contributed by atoms with Gasteiger partial charge in [-0.15, -0.1) is 0 Å². The molecule has 0 unspecified atom stereocenters. The van der Waals surface area contributed by atoms with Gasteiger partial charge in [0.15, 0.2) is 0 Å². The average molecular weight is 686 g/mol. The van der Waals surface area contributed by atoms with Gasteiger partial charge in [0.25, 0.3) is 0 Å². The van der Waals surface area contributed by atoms with E-state index in [0.29, 0.717) is 0 Å². The highest BCUT2D eigenvalue weighted by molar-refractivity contribution is 6.31. The van der Waals surface area contributed by atoms with E-state index in [4.69, 9.17) is 0 Å². The molecule has 0 atom stereocenters. The van der Waals surface area contributed by atoms with E-state index in [0.717, 1.165) is 18.5 Å². The molecule has 12 rings (SSSR count). The number of fused-ring (bicyclic) bond motifs is 12. The molecule has 1 heteroatoms. The first-order chi connectivity index (χ1) is 26.8. The zero-order valence-electron chi connectivity index (χ0n) is 29.8. The van der Waals surface area contributed by atoms with Gasteiger partial charge in [0.1, 0.15) is 0 Å². The molecule has 0 heterocycles. The standard InChI is InChI=1S/C53H35N/c1-3-16-36(17-4-1)54(37-18-5-2-6-19-37)38-31-29-34(30-32-38)45-33-35-15-13-24-43-49(35)50-41(45)23-14-25-44(50)52-51(43)42-22-9-12-28-48(42)53(52)46-26-10-7-20-39(46)40-21-8-11-27-47(40)53/h1,3-5,7-33H,2,6H2. The van der Waals surface area contributed by atoms with Crippen LogP contribution in [0.25, 0.3) is 65.7 Å². The summed E-state index contributed by atoms with van der Waals surface area (Å²) in [6.45, 7) is 0. The largest absolute Gasteiger partial charge is 0.311 e. The van der Waals surface area contributed by atoms with Gasteiger partial charge < -0.3 is 4.90 Å². The van der Waals surface area contributed by atoms with Crippen LogP contribution < -0.4 is 4.90 Å². The van der Waals surface area contributed by atoms with Crippen molar-refractivity contribution in [3.8, 4) is 33.4 Å². The van der Waals surface area contributed by atoms with Crippen molar-refractivity contribution >= 4 is 43.7 Å². The second-order valence-corrected chi connectivity index (χ2v) is 15.0. The van der Waals surface area contributed by atoms with Gasteiger partial charge in [-0.3, -0.25) is 0 Å². The number of hydrogen-bond donors (Lipinski definition) is 0. The molecule has 9 aromatic rings. The zero-order chi connectivity index (χ0) is 35.4. The molecule has 252 valence electrons. The molecule has 0 fully saturated rings. The normalized spacial score (nSPS) is 14.7. The summed E-state index contributed by atoms with van der Waals surface area (Å²) in [7, 11) is 0. The lowest BCUT2D eigenvalue weighted by Gasteiger charge is -2.32. The van der Waals surface area contributed by atoms with Crippen LogP contribution in [0, 0.1) is 0 Å². The molecule has 9 aromatic carbocycles. The molecule has 54 heavy (non-hydrogen) atoms. The maximum atomic E-state index is 2.43. The van der Waals surface area contributed by atoms with E-state index >= 15 is 0 Å². The van der Waals surface area contributed by atoms with Crippen LogP contribution >= 0.6 is 0 Å². The third kappa shape index (κ3) is 3.83. The molecule has 0 N–H and O–H groups in total. The van der Waals surface area contributed by atoms with Crippen LogP contribution in [0.2, 0.25) is 0 Å². The number of anilines is 2. The molecule has 0 saturated heterocycles. The predicted molar refractivity (Wildman–Crippen MR) is 227 cm³/mol. The molecule has 1 nitrogen and oxygen atoms in total. The second kappa shape index (κ2) is 11.2. The van der Waals surface area contributed by atoms with E-state index in [1.54, 1.807) is 0 Å². The minimum absolute atomic E-state index is 0.409. The van der Waals surface area contributed by atoms with Gasteiger partial charge in [-0.2, -0.15) is 0 Å². The van der Waals surface area contributed by atoms with Crippen LogP contribution in [0.1, 0.15) is 35.1 Å². The molecule has 0 aromatic heterocycles. The topological polar surface area (TPSA) is 3.24 Å². The predicted octanol–water partition coefficient (Wildman–Crippen LogP) is 14.0. The van der Waals surface area contributed by atoms with Crippen LogP contribution in [-0.2, 0) is 5.41 Å². The maximum Gasteiger partial charge on any atom is 0.0731 e. The maximum absolute atomic E-state index is 2.43. The number of rotatable bonds is 4. The van der Waals surface area contributed by atoms with Gasteiger partial charge >= 0.3 is 0 Å². The van der Waals surface area contributed by atoms with Crippen molar-refractivity contribution in [3.63, 3.8) is 0 Å². The van der Waals surface area contributed by atoms with E-state index in [1.165, 1.54) is 99.3 Å². The fourth-order valence-corrected chi connectivity index (χ4v) is 10.4. The summed E-state index contributed by atoms with van der Waals surface area (Å²) in [4.78, 5) is 2.38. The van der Waals surface area contributed by atoms with Gasteiger partial charge in [-0.05, 0) is 137 Å². The highest BCUT2D eigenvalue weighted by Gasteiger charge is 2.53. The number of allylic oxidation sites excluding steroid dienone is 3. The molecule has 3 aliphatic rings. The Labute approximate surface area is 315 Å². The number of benzene rings is 9. The summed E-state index contributed by atoms with van der Waals surface area (Å²) in [5, 5.41) is 7.99. The molecule has 0 saturated carbocycles. The third-order valence-corrected chi connectivity index (χ3v) is 12.4. The SMILES string of the molecule is C1=CC(N(c2ccccc2)c2ccc(-c3cc4cccc5c6c(c7cccc3c7c45)C3(c4ccccc4-c4ccccc43)c3ccccc3-6)cc2)=CCC1. The van der Waals surface area contributed by atoms with Crippen LogP contribution in [-0.4, -0.2) is 0 Å². The molecule has 0 amide bonds. The van der Waals surface area contributed by atoms with E-state index in [-0.39, 0.29) is 0 Å². The molecule has 1 spiro atoms. The number of nitrogens with zero attached hydrogens (tertiary/aromatic N) is 1. The Morgan fingerprint density at radius 2 is 1.06 bits per heavy atom. The summed E-state index contributed by atoms with van der Waals surface area (Å²) >= 11 is 0. The third-order valence-electron chi connectivity index (χ3n) is 12.4. The lowest BCUT2D eigenvalue weighted by atomic mass is 9.68. The van der Waals surface area contributed by atoms with Gasteiger partial charge in [0.05, 0.1) is 5.41 Å². The summed E-state index contributed by atoms with van der Waals surface area (Å²) in [6.07, 6.45) is 9.05. The van der Waals surface area contributed by atoms with Crippen molar-refractivity contribution < 1.29 is 0 Å². The Morgan fingerprint density at radius 1 is 0.444 bits per heavy atom. The van der Waals surface area contributed by atoms with E-state index < -0.39 is 5.41 Å². The Morgan fingerprint density at radius 3 is 1.78 bits per heavy atom. The first-order valence-corrected chi connectivity index (χ1v) is 19.2. The number of para-hydroxylation sites is 1. The van der Waals surface area contributed by atoms with Gasteiger partial charge in [-0.1, -0.05) is 152 Å². The monoisotopic (exact) mass is 685 g/mol. The van der Waals surface area contributed by atoms with Crippen molar-refractivity contribution in [1.82, 2.24) is 0 Å². The smallest absolute Gasteiger partial charge is 0.0731 e. The molecule has 0 aliphatic heterocycles. The van der Waals surface area contributed by atoms with Crippen LogP contribution in [0.4, 0.5) is 11.4 Å². The highest BCUT2D eigenvalue weighted by atomic mass is 15.1. The van der Waals surface area contributed by atoms with Gasteiger partial charge in [0.2, 0.25) is 0 Å². The highest BCUT2D eigenvalue weighted by Crippen LogP contribution is 2.66. The Balaban J connectivity index is 1.14. The summed E-state index contributed by atoms with van der Waals surface area (Å²) in [5.74, 6) is 0. The van der Waals surface area contributed by atoms with Gasteiger partial charge in [-0.25, -0.2) is 0 Å². The van der Waals surface area contributed by atoms with E-state index in [2.05, 4.69) is 193 Å². The van der Waals surface area contributed by atoms with Crippen LogP contribution in [0.5, 0.6) is 0 Å². The van der Waals surface area contributed by atoms with Crippen LogP contribution in [0.3, 0.4) is 0 Å². The minimum Gasteiger partial charge on any atom is -0.311 e. The van der Waals surface area contributed by atoms with Crippen molar-refractivity contribution in [1.29, 1.82) is 0 Å². The molecule has 0 bridgehead atoms. The van der Waals surface area contributed by atoms with Crippen LogP contribution in [0.15, 0.2) is 194 Å². The fourth-order valence-electron chi connectivity index (χ4n) is 10.4. The van der Waals surface area contributed by atoms with Crippen molar-refractivity contribution in [2.75, 3.05) is 4.90 Å². The fraction of sp³-hybridized carbons (Fsp3) is 0.0566. The number of hydrogen-bond acceptors (Lipinski definition) is 1. The summed E-state index contributed by atoms with van der Waals surface area (Å²) in [5.41, 5.74) is 16.6. The van der Waals surface area contributed by atoms with Gasteiger partial charge in [0, 0.05) is 17.1 Å². The molecule has 3 aliphatic carbocycles. The quantitative estimate of drug-likeness (QED) is 0.167. The zero-order valence-corrected chi connectivity index (χ0v) is 29.8. The lowest BCUT2D eigenvalue weighted by molar-refractivity contribution is 0.802. The Bertz CT molecular complexity index is 2990.